The summed E-state index contributed by atoms with van der Waals surface area (Å²) in [6, 6.07) is -0.437. The van der Waals surface area contributed by atoms with E-state index in [0.29, 0.717) is 25.9 Å². The molecule has 0 aliphatic carbocycles. The van der Waals surface area contributed by atoms with Crippen molar-refractivity contribution in [1.29, 1.82) is 0 Å². The first kappa shape index (κ1) is 23.8. The van der Waals surface area contributed by atoms with Crippen molar-refractivity contribution in [1.82, 2.24) is 5.32 Å². The van der Waals surface area contributed by atoms with E-state index < -0.39 is 61.7 Å². The van der Waals surface area contributed by atoms with Gasteiger partial charge in [0.1, 0.15) is 36.6 Å². The molecule has 0 bridgehead atoms. The number of β-amino-alcohol motifs (C(OH)–C–C–N with tert-alkyl or cyclic N) is 1. The van der Waals surface area contributed by atoms with Crippen LogP contribution < -0.4 is 5.32 Å². The molecule has 0 aromatic rings. The number of unbranched alkanes of at least 4 members (excludes halogenated alkanes) is 2. The molecule has 11 heteroatoms. The fourth-order valence-corrected chi connectivity index (χ4v) is 3.35. The minimum atomic E-state index is -1.46. The second-order valence-electron chi connectivity index (χ2n) is 7.22. The van der Waals surface area contributed by atoms with Gasteiger partial charge in [0.05, 0.1) is 25.4 Å². The standard InChI is InChI=1S/C17H33NO10/c19-7-9-16(12(22)10(21)6-18-9)26-4-2-1-3-5-27-17-15(25)14(24)13(23)11(8-20)28-17/h9-25H,1-8H2/t9-,10+,11-,12-,13-,14+,15-,16-,17+/m1/s1. The Bertz CT molecular complexity index is 440. The number of hydrogen-bond acceptors (Lipinski definition) is 11. The predicted molar refractivity (Wildman–Crippen MR) is 94.2 cm³/mol. The molecule has 2 heterocycles. The Morgan fingerprint density at radius 2 is 1.46 bits per heavy atom. The molecule has 2 rings (SSSR count). The normalized spacial score (nSPS) is 41.9. The van der Waals surface area contributed by atoms with E-state index in [9.17, 15) is 30.6 Å². The Morgan fingerprint density at radius 3 is 2.11 bits per heavy atom. The van der Waals surface area contributed by atoms with Crippen molar-refractivity contribution in [3.63, 3.8) is 0 Å². The summed E-state index contributed by atoms with van der Waals surface area (Å²) >= 11 is 0. The Hall–Kier alpha value is -0.440. The van der Waals surface area contributed by atoms with Gasteiger partial charge in [-0.1, -0.05) is 0 Å². The highest BCUT2D eigenvalue weighted by molar-refractivity contribution is 4.93. The molecular weight excluding hydrogens is 378 g/mol. The van der Waals surface area contributed by atoms with E-state index in [0.717, 1.165) is 0 Å². The van der Waals surface area contributed by atoms with Crippen molar-refractivity contribution < 1.29 is 50.0 Å². The van der Waals surface area contributed by atoms with Crippen LogP contribution in [0.1, 0.15) is 19.3 Å². The van der Waals surface area contributed by atoms with Crippen LogP contribution in [0.15, 0.2) is 0 Å². The van der Waals surface area contributed by atoms with E-state index in [4.69, 9.17) is 19.3 Å². The Labute approximate surface area is 163 Å². The van der Waals surface area contributed by atoms with Crippen LogP contribution in [0.3, 0.4) is 0 Å². The molecule has 2 aliphatic rings. The SMILES string of the molecule is OC[C@H]1NC[C@H](O)[C@@H](O)[C@@H]1OCCCCCO[C@H]1O[C@H](CO)[C@@H](O)[C@H](O)[C@H]1O. The topological polar surface area (TPSA) is 181 Å². The van der Waals surface area contributed by atoms with Crippen molar-refractivity contribution in [2.24, 2.45) is 0 Å². The summed E-state index contributed by atoms with van der Waals surface area (Å²) in [4.78, 5) is 0. The van der Waals surface area contributed by atoms with Crippen LogP contribution in [0.25, 0.3) is 0 Å². The first-order chi connectivity index (χ1) is 13.4. The fraction of sp³-hybridized carbons (Fsp3) is 1.00. The summed E-state index contributed by atoms with van der Waals surface area (Å²) in [5.41, 5.74) is 0. The van der Waals surface area contributed by atoms with Gasteiger partial charge >= 0.3 is 0 Å². The third-order valence-corrected chi connectivity index (χ3v) is 5.14. The van der Waals surface area contributed by atoms with Gasteiger partial charge in [-0.2, -0.15) is 0 Å². The number of nitrogens with one attached hydrogen (secondary N) is 1. The Kier molecular flexibility index (Phi) is 9.93. The maximum atomic E-state index is 9.99. The third kappa shape index (κ3) is 6.03. The molecule has 2 aliphatic heterocycles. The van der Waals surface area contributed by atoms with Crippen molar-refractivity contribution in [3.05, 3.63) is 0 Å². The summed E-state index contributed by atoms with van der Waals surface area (Å²) < 4.78 is 16.3. The predicted octanol–water partition coefficient (Wildman–Crippen LogP) is -3.96. The van der Waals surface area contributed by atoms with Crippen molar-refractivity contribution in [2.45, 2.75) is 74.3 Å². The van der Waals surface area contributed by atoms with Crippen LogP contribution in [0, 0.1) is 0 Å². The van der Waals surface area contributed by atoms with E-state index in [-0.39, 0.29) is 19.8 Å². The number of aliphatic hydroxyl groups is 7. The average molecular weight is 411 g/mol. The van der Waals surface area contributed by atoms with E-state index in [2.05, 4.69) is 5.32 Å². The van der Waals surface area contributed by atoms with Crippen molar-refractivity contribution in [2.75, 3.05) is 33.0 Å². The minimum absolute atomic E-state index is 0.196. The van der Waals surface area contributed by atoms with Crippen LogP contribution in [0.4, 0.5) is 0 Å². The molecule has 11 nitrogen and oxygen atoms in total. The van der Waals surface area contributed by atoms with Crippen LogP contribution >= 0.6 is 0 Å². The molecule has 0 spiro atoms. The van der Waals surface area contributed by atoms with Crippen molar-refractivity contribution in [3.8, 4) is 0 Å². The monoisotopic (exact) mass is 411 g/mol. The van der Waals surface area contributed by atoms with E-state index in [1.165, 1.54) is 0 Å². The highest BCUT2D eigenvalue weighted by Gasteiger charge is 2.44. The van der Waals surface area contributed by atoms with Crippen LogP contribution in [-0.4, -0.2) is 124 Å². The molecule has 28 heavy (non-hydrogen) atoms. The van der Waals surface area contributed by atoms with E-state index >= 15 is 0 Å². The number of piperidine rings is 1. The molecular formula is C17H33NO10. The first-order valence-electron chi connectivity index (χ1n) is 9.64. The van der Waals surface area contributed by atoms with E-state index in [1.807, 2.05) is 0 Å². The first-order valence-corrected chi connectivity index (χ1v) is 9.64. The zero-order valence-electron chi connectivity index (χ0n) is 15.7. The molecule has 2 fully saturated rings. The maximum Gasteiger partial charge on any atom is 0.186 e. The zero-order chi connectivity index (χ0) is 20.7. The third-order valence-electron chi connectivity index (χ3n) is 5.14. The van der Waals surface area contributed by atoms with Gasteiger partial charge in [-0.3, -0.25) is 0 Å². The lowest BCUT2D eigenvalue weighted by Gasteiger charge is -2.39. The molecule has 0 amide bonds. The molecule has 0 radical (unpaired) electrons. The van der Waals surface area contributed by atoms with Crippen molar-refractivity contribution >= 4 is 0 Å². The van der Waals surface area contributed by atoms with E-state index in [1.54, 1.807) is 0 Å². The zero-order valence-corrected chi connectivity index (χ0v) is 15.7. The summed E-state index contributed by atoms with van der Waals surface area (Å²) in [6.07, 6.45) is -7.16. The number of ether oxygens (including phenoxy) is 3. The lowest BCUT2D eigenvalue weighted by Crippen LogP contribution is -2.61. The smallest absolute Gasteiger partial charge is 0.186 e. The van der Waals surface area contributed by atoms with Gasteiger partial charge in [-0.15, -0.1) is 0 Å². The van der Waals surface area contributed by atoms with Gasteiger partial charge in [-0.05, 0) is 19.3 Å². The largest absolute Gasteiger partial charge is 0.395 e. The Morgan fingerprint density at radius 1 is 0.786 bits per heavy atom. The fourth-order valence-electron chi connectivity index (χ4n) is 3.35. The highest BCUT2D eigenvalue weighted by Crippen LogP contribution is 2.22. The minimum Gasteiger partial charge on any atom is -0.395 e. The number of aliphatic hydroxyl groups excluding tert-OH is 7. The van der Waals surface area contributed by atoms with Crippen LogP contribution in [-0.2, 0) is 14.2 Å². The summed E-state index contributed by atoms with van der Waals surface area (Å²) in [6.45, 7) is 0.0391. The molecule has 166 valence electrons. The molecule has 0 saturated carbocycles. The molecule has 0 aromatic carbocycles. The van der Waals surface area contributed by atoms with Crippen LogP contribution in [0.2, 0.25) is 0 Å². The highest BCUT2D eigenvalue weighted by atomic mass is 16.7. The summed E-state index contributed by atoms with van der Waals surface area (Å²) in [5.74, 6) is 0. The molecule has 0 unspecified atom stereocenters. The molecule has 9 atom stereocenters. The number of hydrogen-bond donors (Lipinski definition) is 8. The summed E-state index contributed by atoms with van der Waals surface area (Å²) in [7, 11) is 0. The summed E-state index contributed by atoms with van der Waals surface area (Å²) in [5, 5.41) is 70.3. The van der Waals surface area contributed by atoms with Gasteiger partial charge in [0.25, 0.3) is 0 Å². The molecule has 0 aromatic heterocycles. The second-order valence-corrected chi connectivity index (χ2v) is 7.22. The molecule has 8 N–H and O–H groups in total. The van der Waals surface area contributed by atoms with Gasteiger partial charge in [0.2, 0.25) is 0 Å². The van der Waals surface area contributed by atoms with Gasteiger partial charge < -0.3 is 55.3 Å². The van der Waals surface area contributed by atoms with Crippen LogP contribution in [0.5, 0.6) is 0 Å². The van der Waals surface area contributed by atoms with Gasteiger partial charge in [-0.25, -0.2) is 0 Å². The van der Waals surface area contributed by atoms with Gasteiger partial charge in [0.15, 0.2) is 6.29 Å². The van der Waals surface area contributed by atoms with Gasteiger partial charge in [0, 0.05) is 19.8 Å². The molecule has 2 saturated heterocycles. The second kappa shape index (κ2) is 11.7. The lowest BCUT2D eigenvalue weighted by molar-refractivity contribution is -0.301. The quantitative estimate of drug-likeness (QED) is 0.164. The average Bonchev–Trinajstić information content (AvgIpc) is 2.70. The maximum absolute atomic E-state index is 9.99. The Balaban J connectivity index is 1.61. The lowest BCUT2D eigenvalue weighted by atomic mass is 9.96. The number of rotatable bonds is 10.